The Balaban J connectivity index is 3.04. The van der Waals surface area contributed by atoms with Crippen LogP contribution in [0, 0.1) is 11.3 Å². The monoisotopic (exact) mass is 354 g/mol. The predicted molar refractivity (Wildman–Crippen MR) is 92.5 cm³/mol. The molecule has 6 nitrogen and oxygen atoms in total. The maximum Gasteiger partial charge on any atom is 0.264 e. The maximum atomic E-state index is 12.4. The Kier molecular flexibility index (Phi) is 6.54. The van der Waals surface area contributed by atoms with E-state index in [9.17, 15) is 18.0 Å². The topological polar surface area (TPSA) is 106 Å². The summed E-state index contributed by atoms with van der Waals surface area (Å²) in [5.74, 6) is -1.25. The molecule has 7 heteroatoms. The molecular formula is C17H26N2O4S. The zero-order chi connectivity index (χ0) is 18.5. The molecule has 0 aliphatic heterocycles. The molecule has 0 atom stereocenters. The van der Waals surface area contributed by atoms with Crippen LogP contribution in [0.4, 0.5) is 0 Å². The molecule has 2 amide bonds. The van der Waals surface area contributed by atoms with E-state index in [1.54, 1.807) is 26.0 Å². The lowest BCUT2D eigenvalue weighted by Gasteiger charge is -2.26. The van der Waals surface area contributed by atoms with E-state index in [1.807, 2.05) is 4.72 Å². The fourth-order valence-electron chi connectivity index (χ4n) is 2.59. The molecule has 24 heavy (non-hydrogen) atoms. The van der Waals surface area contributed by atoms with Gasteiger partial charge in [-0.3, -0.25) is 9.59 Å². The molecule has 0 spiro atoms. The molecule has 3 N–H and O–H groups in total. The second-order valence-corrected chi connectivity index (χ2v) is 8.01. The second kappa shape index (κ2) is 7.79. The number of hydrogen-bond acceptors (Lipinski definition) is 4. The summed E-state index contributed by atoms with van der Waals surface area (Å²) in [6.45, 7) is 7.40. The number of nitrogens with two attached hydrogens (primary N) is 1. The van der Waals surface area contributed by atoms with Crippen molar-refractivity contribution in [3.05, 3.63) is 29.8 Å². The molecule has 1 aromatic carbocycles. The molecule has 134 valence electrons. The van der Waals surface area contributed by atoms with Gasteiger partial charge in [0.1, 0.15) is 5.41 Å². The summed E-state index contributed by atoms with van der Waals surface area (Å²) in [7, 11) is -4.05. The average molecular weight is 354 g/mol. The van der Waals surface area contributed by atoms with Crippen molar-refractivity contribution in [1.82, 2.24) is 4.72 Å². The van der Waals surface area contributed by atoms with Crippen LogP contribution in [0.1, 0.15) is 46.1 Å². The van der Waals surface area contributed by atoms with Crippen molar-refractivity contribution in [2.24, 2.45) is 17.1 Å². The number of amides is 2. The third-order valence-electron chi connectivity index (χ3n) is 4.22. The van der Waals surface area contributed by atoms with Crippen molar-refractivity contribution < 1.29 is 18.0 Å². The zero-order valence-corrected chi connectivity index (χ0v) is 15.4. The largest absolute Gasteiger partial charge is 0.369 e. The number of nitrogens with one attached hydrogen (secondary N) is 1. The molecule has 0 aromatic heterocycles. The van der Waals surface area contributed by atoms with Gasteiger partial charge in [-0.25, -0.2) is 13.1 Å². The molecule has 0 aliphatic carbocycles. The lowest BCUT2D eigenvalue weighted by atomic mass is 9.81. The van der Waals surface area contributed by atoms with Crippen LogP contribution in [-0.4, -0.2) is 20.2 Å². The third kappa shape index (κ3) is 4.35. The van der Waals surface area contributed by atoms with E-state index in [2.05, 4.69) is 13.8 Å². The van der Waals surface area contributed by atoms with Crippen LogP contribution in [0.3, 0.4) is 0 Å². The minimum atomic E-state index is -4.05. The molecule has 0 saturated carbocycles. The van der Waals surface area contributed by atoms with Crippen molar-refractivity contribution in [3.63, 3.8) is 0 Å². The Morgan fingerprint density at radius 2 is 1.62 bits per heavy atom. The smallest absolute Gasteiger partial charge is 0.264 e. The fourth-order valence-corrected chi connectivity index (χ4v) is 3.64. The standard InChI is InChI=1S/C17H26N2O4S/c1-5-17(6-2,15(18)20)16(21)19-24(22,23)14-9-7-13(8-10-14)11-12(3)4/h7-10,12H,5-6,11H2,1-4H3,(H2,18,20)(H,19,21). The van der Waals surface area contributed by atoms with Crippen LogP contribution in [0.2, 0.25) is 0 Å². The highest BCUT2D eigenvalue weighted by Gasteiger charge is 2.42. The van der Waals surface area contributed by atoms with E-state index < -0.39 is 27.3 Å². The van der Waals surface area contributed by atoms with Gasteiger partial charge in [0.15, 0.2) is 0 Å². The Morgan fingerprint density at radius 1 is 1.12 bits per heavy atom. The molecule has 0 heterocycles. The lowest BCUT2D eigenvalue weighted by Crippen LogP contribution is -2.50. The molecule has 0 saturated heterocycles. The SMILES string of the molecule is CCC(CC)(C(N)=O)C(=O)NS(=O)(=O)c1ccc(CC(C)C)cc1. The summed E-state index contributed by atoms with van der Waals surface area (Å²) in [6.07, 6.45) is 1.10. The van der Waals surface area contributed by atoms with Gasteiger partial charge in [0.2, 0.25) is 11.8 Å². The van der Waals surface area contributed by atoms with Gasteiger partial charge in [0.25, 0.3) is 10.0 Å². The number of carbonyl (C=O) groups is 2. The van der Waals surface area contributed by atoms with Gasteiger partial charge in [-0.05, 0) is 42.9 Å². The van der Waals surface area contributed by atoms with Crippen LogP contribution in [0.25, 0.3) is 0 Å². The van der Waals surface area contributed by atoms with Gasteiger partial charge in [0.05, 0.1) is 4.90 Å². The number of primary amides is 1. The Morgan fingerprint density at radius 3 is 2.00 bits per heavy atom. The van der Waals surface area contributed by atoms with E-state index >= 15 is 0 Å². The summed E-state index contributed by atoms with van der Waals surface area (Å²) in [6, 6.07) is 6.36. The van der Waals surface area contributed by atoms with Crippen LogP contribution in [-0.2, 0) is 26.0 Å². The molecule has 0 radical (unpaired) electrons. The summed E-state index contributed by atoms with van der Waals surface area (Å²) >= 11 is 0. The van der Waals surface area contributed by atoms with E-state index in [0.29, 0.717) is 5.92 Å². The normalized spacial score (nSPS) is 12.2. The Hall–Kier alpha value is -1.89. The number of sulfonamides is 1. The Bertz CT molecular complexity index is 690. The van der Waals surface area contributed by atoms with Crippen LogP contribution >= 0.6 is 0 Å². The summed E-state index contributed by atoms with van der Waals surface area (Å²) in [5, 5.41) is 0. The van der Waals surface area contributed by atoms with E-state index in [0.717, 1.165) is 12.0 Å². The fraction of sp³-hybridized carbons (Fsp3) is 0.529. The quantitative estimate of drug-likeness (QED) is 0.696. The van der Waals surface area contributed by atoms with Gasteiger partial charge in [-0.2, -0.15) is 0 Å². The highest BCUT2D eigenvalue weighted by Crippen LogP contribution is 2.27. The predicted octanol–water partition coefficient (Wildman–Crippen LogP) is 1.98. The molecular weight excluding hydrogens is 328 g/mol. The maximum absolute atomic E-state index is 12.4. The second-order valence-electron chi connectivity index (χ2n) is 6.33. The molecule has 1 aromatic rings. The molecule has 0 bridgehead atoms. The molecule has 0 unspecified atom stereocenters. The third-order valence-corrected chi connectivity index (χ3v) is 5.56. The average Bonchev–Trinajstić information content (AvgIpc) is 2.48. The number of hydrogen-bond donors (Lipinski definition) is 2. The van der Waals surface area contributed by atoms with Crippen LogP contribution in [0.5, 0.6) is 0 Å². The molecule has 0 fully saturated rings. The summed E-state index contributed by atoms with van der Waals surface area (Å²) in [5.41, 5.74) is 4.82. The first-order chi connectivity index (χ1) is 11.1. The Labute approximate surface area is 143 Å². The minimum Gasteiger partial charge on any atom is -0.369 e. The zero-order valence-electron chi connectivity index (χ0n) is 14.6. The minimum absolute atomic E-state index is 0.0195. The van der Waals surface area contributed by atoms with Crippen molar-refractivity contribution in [1.29, 1.82) is 0 Å². The van der Waals surface area contributed by atoms with Crippen molar-refractivity contribution in [2.45, 2.75) is 51.9 Å². The van der Waals surface area contributed by atoms with Gasteiger partial charge in [-0.1, -0.05) is 39.8 Å². The first-order valence-corrected chi connectivity index (χ1v) is 9.53. The summed E-state index contributed by atoms with van der Waals surface area (Å²) < 4.78 is 26.8. The van der Waals surface area contributed by atoms with Crippen molar-refractivity contribution in [2.75, 3.05) is 0 Å². The van der Waals surface area contributed by atoms with E-state index in [1.165, 1.54) is 12.1 Å². The van der Waals surface area contributed by atoms with Crippen LogP contribution < -0.4 is 10.5 Å². The first-order valence-electron chi connectivity index (χ1n) is 8.05. The van der Waals surface area contributed by atoms with Gasteiger partial charge < -0.3 is 5.73 Å². The molecule has 1 rings (SSSR count). The van der Waals surface area contributed by atoms with Gasteiger partial charge >= 0.3 is 0 Å². The lowest BCUT2D eigenvalue weighted by molar-refractivity contribution is -0.141. The van der Waals surface area contributed by atoms with E-state index in [4.69, 9.17) is 5.73 Å². The highest BCUT2D eigenvalue weighted by molar-refractivity contribution is 7.90. The highest BCUT2D eigenvalue weighted by atomic mass is 32.2. The van der Waals surface area contributed by atoms with Crippen molar-refractivity contribution in [3.8, 4) is 0 Å². The van der Waals surface area contributed by atoms with Gasteiger partial charge in [-0.15, -0.1) is 0 Å². The number of carbonyl (C=O) groups excluding carboxylic acids is 2. The summed E-state index contributed by atoms with van der Waals surface area (Å²) in [4.78, 5) is 24.0. The van der Waals surface area contributed by atoms with Gasteiger partial charge in [0, 0.05) is 0 Å². The molecule has 0 aliphatic rings. The first kappa shape index (κ1) is 20.2. The van der Waals surface area contributed by atoms with Crippen molar-refractivity contribution >= 4 is 21.8 Å². The number of benzene rings is 1. The number of rotatable bonds is 8. The van der Waals surface area contributed by atoms with Crippen LogP contribution in [0.15, 0.2) is 29.2 Å². The van der Waals surface area contributed by atoms with E-state index in [-0.39, 0.29) is 17.7 Å².